The van der Waals surface area contributed by atoms with Crippen molar-refractivity contribution in [2.75, 3.05) is 11.1 Å². The van der Waals surface area contributed by atoms with Crippen molar-refractivity contribution >= 4 is 45.9 Å². The lowest BCUT2D eigenvalue weighted by atomic mass is 10.1. The Morgan fingerprint density at radius 3 is 2.67 bits per heavy atom. The van der Waals surface area contributed by atoms with Crippen LogP contribution in [0.3, 0.4) is 0 Å². The molecule has 0 aliphatic carbocycles. The van der Waals surface area contributed by atoms with Crippen LogP contribution < -0.4 is 5.32 Å². The lowest BCUT2D eigenvalue weighted by Gasteiger charge is -2.19. The van der Waals surface area contributed by atoms with Gasteiger partial charge in [-0.25, -0.2) is 5.01 Å². The molecule has 0 saturated carbocycles. The van der Waals surface area contributed by atoms with E-state index >= 15 is 0 Å². The van der Waals surface area contributed by atoms with Gasteiger partial charge in [0.25, 0.3) is 5.91 Å². The molecule has 33 heavy (non-hydrogen) atoms. The largest absolute Gasteiger partial charge is 0.467 e. The van der Waals surface area contributed by atoms with Gasteiger partial charge in [0.2, 0.25) is 5.91 Å². The Hall–Kier alpha value is -3.78. The van der Waals surface area contributed by atoms with E-state index in [4.69, 9.17) is 8.83 Å². The van der Waals surface area contributed by atoms with Crippen LogP contribution in [0.25, 0.3) is 11.0 Å². The number of carbonyl (C=O) groups excluding carboxylic acids is 2. The second-order valence-corrected chi connectivity index (χ2v) is 8.71. The first-order chi connectivity index (χ1) is 16.1. The normalized spacial score (nSPS) is 15.6. The van der Waals surface area contributed by atoms with Gasteiger partial charge in [-0.2, -0.15) is 5.10 Å². The highest BCUT2D eigenvalue weighted by atomic mass is 32.2. The maximum absolute atomic E-state index is 13.2. The van der Waals surface area contributed by atoms with Crippen molar-refractivity contribution in [2.45, 2.75) is 24.3 Å². The number of hydrazone groups is 1. The van der Waals surface area contributed by atoms with Gasteiger partial charge < -0.3 is 14.2 Å². The minimum absolute atomic E-state index is 0.123. The minimum atomic E-state index is -0.321. The lowest BCUT2D eigenvalue weighted by molar-refractivity contribution is -0.130. The second-order valence-electron chi connectivity index (χ2n) is 7.66. The van der Waals surface area contributed by atoms with E-state index < -0.39 is 0 Å². The number of nitrogens with zero attached hydrogens (tertiary/aromatic N) is 2. The zero-order valence-corrected chi connectivity index (χ0v) is 18.7. The number of furan rings is 2. The number of rotatable bonds is 6. The first-order valence-corrected chi connectivity index (χ1v) is 11.5. The third-order valence-electron chi connectivity index (χ3n) is 5.28. The molecule has 0 spiro atoms. The van der Waals surface area contributed by atoms with Crippen LogP contribution in [0.1, 0.15) is 30.9 Å². The number of hydrogen-bond donors (Lipinski definition) is 1. The molecule has 7 nitrogen and oxygen atoms in total. The average Bonchev–Trinajstić information content (AvgIpc) is 3.56. The van der Waals surface area contributed by atoms with Crippen molar-refractivity contribution in [3.05, 3.63) is 84.5 Å². The highest BCUT2D eigenvalue weighted by Crippen LogP contribution is 2.35. The van der Waals surface area contributed by atoms with Gasteiger partial charge in [-0.3, -0.25) is 9.59 Å². The Morgan fingerprint density at radius 1 is 1.12 bits per heavy atom. The third kappa shape index (κ3) is 4.56. The molecule has 1 aliphatic heterocycles. The van der Waals surface area contributed by atoms with Crippen LogP contribution in [-0.4, -0.2) is 28.3 Å². The number of anilines is 1. The number of nitrogens with one attached hydrogen (secondary N) is 1. The molecular formula is C25H21N3O4S. The highest BCUT2D eigenvalue weighted by molar-refractivity contribution is 8.00. The number of amides is 2. The first-order valence-electron chi connectivity index (χ1n) is 10.5. The highest BCUT2D eigenvalue weighted by Gasteiger charge is 2.35. The molecule has 1 N–H and O–H groups in total. The Labute approximate surface area is 194 Å². The Balaban J connectivity index is 1.34. The standard InChI is InChI=1S/C25H21N3O4S/c1-16(29)26-18-8-10-19(11-9-18)33-15-25(30)28-21(23-7-4-12-31-23)14-20(27-28)24-13-17-5-2-3-6-22(17)32-24/h2-13,21H,14-15H2,1H3,(H,26,29)/t21-/m0/s1. The summed E-state index contributed by atoms with van der Waals surface area (Å²) in [5, 5.41) is 9.86. The van der Waals surface area contributed by atoms with Gasteiger partial charge in [-0.1, -0.05) is 18.2 Å². The molecule has 2 amide bonds. The van der Waals surface area contributed by atoms with Crippen LogP contribution in [0, 0.1) is 0 Å². The number of fused-ring (bicyclic) bond motifs is 1. The Kier molecular flexibility index (Phi) is 5.75. The number of para-hydroxylation sites is 1. The maximum Gasteiger partial charge on any atom is 0.253 e. The average molecular weight is 460 g/mol. The molecule has 0 unspecified atom stereocenters. The summed E-state index contributed by atoms with van der Waals surface area (Å²) in [7, 11) is 0. The van der Waals surface area contributed by atoms with Crippen molar-refractivity contribution in [3.63, 3.8) is 0 Å². The monoisotopic (exact) mass is 459 g/mol. The van der Waals surface area contributed by atoms with Crippen molar-refractivity contribution in [1.82, 2.24) is 5.01 Å². The van der Waals surface area contributed by atoms with Gasteiger partial charge in [0.05, 0.1) is 12.0 Å². The zero-order valence-electron chi connectivity index (χ0n) is 17.9. The summed E-state index contributed by atoms with van der Waals surface area (Å²) >= 11 is 1.42. The maximum atomic E-state index is 13.2. The van der Waals surface area contributed by atoms with Gasteiger partial charge >= 0.3 is 0 Å². The van der Waals surface area contributed by atoms with Gasteiger partial charge in [0.15, 0.2) is 5.76 Å². The van der Waals surface area contributed by atoms with Crippen LogP contribution in [-0.2, 0) is 9.59 Å². The van der Waals surface area contributed by atoms with Crippen LogP contribution in [0.2, 0.25) is 0 Å². The van der Waals surface area contributed by atoms with Crippen LogP contribution in [0.15, 0.2) is 91.8 Å². The van der Waals surface area contributed by atoms with E-state index in [1.165, 1.54) is 23.7 Å². The van der Waals surface area contributed by atoms with Gasteiger partial charge in [0, 0.05) is 29.3 Å². The Morgan fingerprint density at radius 2 is 1.94 bits per heavy atom. The predicted octanol–water partition coefficient (Wildman–Crippen LogP) is 5.45. The van der Waals surface area contributed by atoms with Crippen molar-refractivity contribution in [3.8, 4) is 0 Å². The zero-order chi connectivity index (χ0) is 22.8. The molecule has 166 valence electrons. The fourth-order valence-electron chi connectivity index (χ4n) is 3.76. The number of hydrogen-bond acceptors (Lipinski definition) is 6. The first kappa shape index (κ1) is 21.1. The summed E-state index contributed by atoms with van der Waals surface area (Å²) in [6, 6.07) is 20.5. The SMILES string of the molecule is CC(=O)Nc1ccc(SCC(=O)N2N=C(c3cc4ccccc4o3)C[C@H]2c2ccco2)cc1. The van der Waals surface area contributed by atoms with Crippen molar-refractivity contribution < 1.29 is 18.4 Å². The summed E-state index contributed by atoms with van der Waals surface area (Å²) in [6.07, 6.45) is 2.11. The fraction of sp³-hybridized carbons (Fsp3) is 0.160. The number of thioether (sulfide) groups is 1. The van der Waals surface area contributed by atoms with Gasteiger partial charge in [-0.05, 0) is 48.5 Å². The molecule has 1 aliphatic rings. The molecule has 0 saturated heterocycles. The van der Waals surface area contributed by atoms with Crippen LogP contribution in [0.4, 0.5) is 5.69 Å². The summed E-state index contributed by atoms with van der Waals surface area (Å²) in [5.41, 5.74) is 2.22. The molecule has 5 rings (SSSR count). The van der Waals surface area contributed by atoms with E-state index in [1.807, 2.05) is 66.7 Å². The number of carbonyl (C=O) groups is 2. The van der Waals surface area contributed by atoms with E-state index in [9.17, 15) is 9.59 Å². The third-order valence-corrected chi connectivity index (χ3v) is 6.28. The second kappa shape index (κ2) is 8.99. The molecule has 0 fully saturated rings. The summed E-state index contributed by atoms with van der Waals surface area (Å²) in [5.74, 6) is 1.31. The molecule has 2 aromatic heterocycles. The minimum Gasteiger partial charge on any atom is -0.467 e. The van der Waals surface area contributed by atoms with Crippen molar-refractivity contribution in [2.24, 2.45) is 5.10 Å². The molecule has 0 radical (unpaired) electrons. The van der Waals surface area contributed by atoms with Crippen LogP contribution >= 0.6 is 11.8 Å². The molecule has 1 atom stereocenters. The quantitative estimate of drug-likeness (QED) is 0.387. The van der Waals surface area contributed by atoms with Crippen molar-refractivity contribution in [1.29, 1.82) is 0 Å². The summed E-state index contributed by atoms with van der Waals surface area (Å²) in [4.78, 5) is 25.3. The molecular weight excluding hydrogens is 438 g/mol. The van der Waals surface area contributed by atoms with E-state index in [0.717, 1.165) is 21.6 Å². The molecule has 8 heteroatoms. The number of benzene rings is 2. The Bertz CT molecular complexity index is 1290. The molecule has 0 bridgehead atoms. The summed E-state index contributed by atoms with van der Waals surface area (Å²) < 4.78 is 11.6. The predicted molar refractivity (Wildman–Crippen MR) is 127 cm³/mol. The molecule has 2 aromatic carbocycles. The molecule has 4 aromatic rings. The van der Waals surface area contributed by atoms with E-state index in [0.29, 0.717) is 23.7 Å². The van der Waals surface area contributed by atoms with Crippen LogP contribution in [0.5, 0.6) is 0 Å². The van der Waals surface area contributed by atoms with E-state index in [-0.39, 0.29) is 23.6 Å². The van der Waals surface area contributed by atoms with E-state index in [1.54, 1.807) is 6.26 Å². The fourth-order valence-corrected chi connectivity index (χ4v) is 4.52. The molecule has 3 heterocycles. The van der Waals surface area contributed by atoms with Gasteiger partial charge in [0.1, 0.15) is 23.1 Å². The summed E-state index contributed by atoms with van der Waals surface area (Å²) in [6.45, 7) is 1.47. The van der Waals surface area contributed by atoms with E-state index in [2.05, 4.69) is 10.4 Å². The smallest absolute Gasteiger partial charge is 0.253 e. The van der Waals surface area contributed by atoms with Gasteiger partial charge in [-0.15, -0.1) is 11.8 Å². The topological polar surface area (TPSA) is 88.0 Å². The lowest BCUT2D eigenvalue weighted by Crippen LogP contribution is -2.28.